The molecule has 0 saturated heterocycles. The van der Waals surface area contributed by atoms with E-state index in [-0.39, 0.29) is 5.75 Å². The zero-order valence-corrected chi connectivity index (χ0v) is 15.7. The Labute approximate surface area is 159 Å². The first-order valence-electron chi connectivity index (χ1n) is 7.50. The van der Waals surface area contributed by atoms with Crippen LogP contribution in [-0.2, 0) is 11.8 Å². The lowest BCUT2D eigenvalue weighted by molar-refractivity contribution is 0.0730. The molecule has 1 N–H and O–H groups in total. The highest BCUT2D eigenvalue weighted by atomic mass is 35.5. The Bertz CT molecular complexity index is 786. The highest BCUT2D eigenvalue weighted by molar-refractivity contribution is 6.35. The number of halogens is 4. The van der Waals surface area contributed by atoms with E-state index in [0.29, 0.717) is 15.6 Å². The summed E-state index contributed by atoms with van der Waals surface area (Å²) in [6.07, 6.45) is -3.19. The van der Waals surface area contributed by atoms with Gasteiger partial charge in [-0.15, -0.1) is 0 Å². The van der Waals surface area contributed by atoms with Crippen molar-refractivity contribution < 1.29 is 23.0 Å². The molecule has 10 heteroatoms. The maximum atomic E-state index is 12.9. The van der Waals surface area contributed by atoms with E-state index in [9.17, 15) is 13.6 Å². The van der Waals surface area contributed by atoms with Gasteiger partial charge in [-0.3, -0.25) is 4.68 Å². The first-order chi connectivity index (χ1) is 12.2. The second-order valence-corrected chi connectivity index (χ2v) is 6.34. The minimum absolute atomic E-state index is 0.314. The zero-order chi connectivity index (χ0) is 19.4. The number of hydrogen-bond acceptors (Lipinski definition) is 4. The molecule has 2 rings (SSSR count). The summed E-state index contributed by atoms with van der Waals surface area (Å²) in [5.41, 5.74) is 0.000328. The molecule has 0 fully saturated rings. The molecule has 0 spiro atoms. The van der Waals surface area contributed by atoms with Crippen molar-refractivity contribution in [2.75, 3.05) is 7.11 Å². The summed E-state index contributed by atoms with van der Waals surface area (Å²) < 4.78 is 37.3. The Kier molecular flexibility index (Phi) is 6.80. The van der Waals surface area contributed by atoms with Crippen molar-refractivity contribution in [3.8, 4) is 5.75 Å². The van der Waals surface area contributed by atoms with Gasteiger partial charge in [0.25, 0.3) is 6.43 Å². The highest BCUT2D eigenvalue weighted by Crippen LogP contribution is 2.31. The number of aromatic nitrogens is 2. The van der Waals surface area contributed by atoms with Gasteiger partial charge in [0, 0.05) is 29.8 Å². The van der Waals surface area contributed by atoms with Crippen LogP contribution in [0.25, 0.3) is 0 Å². The normalized spacial score (nSPS) is 13.5. The molecular formula is C16H17Cl2F2N3O3. The quantitative estimate of drug-likeness (QED) is 0.763. The van der Waals surface area contributed by atoms with E-state index in [1.165, 1.54) is 20.4 Å². The van der Waals surface area contributed by atoms with Gasteiger partial charge in [-0.2, -0.15) is 5.10 Å². The Balaban J connectivity index is 2.10. The summed E-state index contributed by atoms with van der Waals surface area (Å²) in [6.45, 7) is 1.66. The summed E-state index contributed by atoms with van der Waals surface area (Å²) in [6, 6.07) is 4.31. The van der Waals surface area contributed by atoms with Crippen LogP contribution in [0.3, 0.4) is 0 Å². The lowest BCUT2D eigenvalue weighted by Crippen LogP contribution is -2.39. The average Bonchev–Trinajstić information content (AvgIpc) is 2.90. The van der Waals surface area contributed by atoms with E-state index in [0.717, 1.165) is 4.68 Å². The van der Waals surface area contributed by atoms with Crippen molar-refractivity contribution in [1.29, 1.82) is 0 Å². The number of rotatable bonds is 6. The van der Waals surface area contributed by atoms with Crippen molar-refractivity contribution in [1.82, 2.24) is 15.1 Å². The number of benzene rings is 1. The molecule has 0 aliphatic carbocycles. The van der Waals surface area contributed by atoms with Gasteiger partial charge in [0.15, 0.2) is 11.4 Å². The third-order valence-electron chi connectivity index (χ3n) is 3.55. The highest BCUT2D eigenvalue weighted by Gasteiger charge is 2.26. The van der Waals surface area contributed by atoms with Crippen LogP contribution >= 0.6 is 23.2 Å². The van der Waals surface area contributed by atoms with Crippen LogP contribution in [0.1, 0.15) is 30.7 Å². The fourth-order valence-corrected chi connectivity index (χ4v) is 2.95. The smallest absolute Gasteiger partial charge is 0.406 e. The molecule has 0 saturated carbocycles. The SMILES string of the molecule is CO[C@@H](c1ccc(Cl)cc1Cl)[C@H](C)NC(=O)Oc1cn(C)nc1C(F)F. The molecule has 2 atom stereocenters. The molecule has 2 aromatic rings. The number of carbonyl (C=O) groups is 1. The summed E-state index contributed by atoms with van der Waals surface area (Å²) in [7, 11) is 2.90. The molecule has 26 heavy (non-hydrogen) atoms. The topological polar surface area (TPSA) is 65.4 Å². The minimum Gasteiger partial charge on any atom is -0.406 e. The Hall–Kier alpha value is -1.90. The standard InChI is InChI=1S/C16H17Cl2F2N3O3/c1-8(14(25-3)10-5-4-9(17)6-11(10)18)21-16(24)26-12-7-23(2)22-13(12)15(19)20/h4-8,14-15H,1-3H3,(H,21,24)/t8-,14+/m0/s1. The Morgan fingerprint density at radius 2 is 2.04 bits per heavy atom. The molecular weight excluding hydrogens is 391 g/mol. The number of ether oxygens (including phenoxy) is 2. The van der Waals surface area contributed by atoms with Crippen molar-refractivity contribution in [2.45, 2.75) is 25.5 Å². The van der Waals surface area contributed by atoms with Gasteiger partial charge in [-0.1, -0.05) is 29.3 Å². The van der Waals surface area contributed by atoms with Crippen LogP contribution in [0.15, 0.2) is 24.4 Å². The van der Waals surface area contributed by atoms with E-state index in [1.54, 1.807) is 25.1 Å². The Morgan fingerprint density at radius 1 is 1.35 bits per heavy atom. The van der Waals surface area contributed by atoms with Gasteiger partial charge in [-0.25, -0.2) is 13.6 Å². The van der Waals surface area contributed by atoms with E-state index >= 15 is 0 Å². The molecule has 0 unspecified atom stereocenters. The van der Waals surface area contributed by atoms with Gasteiger partial charge >= 0.3 is 6.09 Å². The van der Waals surface area contributed by atoms with Crippen LogP contribution in [0.2, 0.25) is 10.0 Å². The molecule has 1 aromatic carbocycles. The number of nitrogens with zero attached hydrogens (tertiary/aromatic N) is 2. The van der Waals surface area contributed by atoms with E-state index in [4.69, 9.17) is 32.7 Å². The second kappa shape index (κ2) is 8.66. The van der Waals surface area contributed by atoms with Gasteiger partial charge in [-0.05, 0) is 19.1 Å². The average molecular weight is 408 g/mol. The van der Waals surface area contributed by atoms with Crippen LogP contribution in [0, 0.1) is 0 Å². The summed E-state index contributed by atoms with van der Waals surface area (Å²) >= 11 is 12.0. The molecule has 1 heterocycles. The van der Waals surface area contributed by atoms with E-state index < -0.39 is 30.4 Å². The van der Waals surface area contributed by atoms with E-state index in [1.807, 2.05) is 0 Å². The molecule has 0 aliphatic heterocycles. The number of aryl methyl sites for hydroxylation is 1. The molecule has 0 aliphatic rings. The summed E-state index contributed by atoms with van der Waals surface area (Å²) in [5.74, 6) is -0.314. The van der Waals surface area contributed by atoms with Gasteiger partial charge in [0.1, 0.15) is 6.10 Å². The number of hydrogen-bond donors (Lipinski definition) is 1. The molecule has 1 amide bonds. The van der Waals surface area contributed by atoms with Gasteiger partial charge in [0.05, 0.1) is 12.2 Å². The second-order valence-electron chi connectivity index (χ2n) is 5.50. The third kappa shape index (κ3) is 4.84. The first kappa shape index (κ1) is 20.4. The van der Waals surface area contributed by atoms with Crippen molar-refractivity contribution >= 4 is 29.3 Å². The monoisotopic (exact) mass is 407 g/mol. The predicted molar refractivity (Wildman–Crippen MR) is 93.0 cm³/mol. The molecule has 1 aromatic heterocycles. The van der Waals surface area contributed by atoms with Gasteiger partial charge < -0.3 is 14.8 Å². The first-order valence-corrected chi connectivity index (χ1v) is 8.26. The predicted octanol–water partition coefficient (Wildman–Crippen LogP) is 4.53. The summed E-state index contributed by atoms with van der Waals surface area (Å²) in [4.78, 5) is 12.1. The maximum Gasteiger partial charge on any atom is 0.413 e. The number of amides is 1. The lowest BCUT2D eigenvalue weighted by Gasteiger charge is -2.24. The maximum absolute atomic E-state index is 12.9. The Morgan fingerprint density at radius 3 is 2.62 bits per heavy atom. The molecule has 0 bridgehead atoms. The van der Waals surface area contributed by atoms with Gasteiger partial charge in [0.2, 0.25) is 0 Å². The number of nitrogens with one attached hydrogen (secondary N) is 1. The van der Waals surface area contributed by atoms with Crippen LogP contribution in [0.4, 0.5) is 13.6 Å². The molecule has 6 nitrogen and oxygen atoms in total. The van der Waals surface area contributed by atoms with Crippen LogP contribution in [-0.4, -0.2) is 29.0 Å². The van der Waals surface area contributed by atoms with Crippen LogP contribution in [0.5, 0.6) is 5.75 Å². The van der Waals surface area contributed by atoms with Crippen molar-refractivity contribution in [3.05, 3.63) is 45.7 Å². The number of alkyl halides is 2. The van der Waals surface area contributed by atoms with E-state index in [2.05, 4.69) is 10.4 Å². The largest absolute Gasteiger partial charge is 0.413 e. The van der Waals surface area contributed by atoms with Crippen molar-refractivity contribution in [2.24, 2.45) is 7.05 Å². The number of carbonyl (C=O) groups excluding carboxylic acids is 1. The molecule has 142 valence electrons. The third-order valence-corrected chi connectivity index (χ3v) is 4.12. The summed E-state index contributed by atoms with van der Waals surface area (Å²) in [5, 5.41) is 6.94. The fourth-order valence-electron chi connectivity index (χ4n) is 2.44. The zero-order valence-electron chi connectivity index (χ0n) is 14.2. The van der Waals surface area contributed by atoms with Crippen molar-refractivity contribution in [3.63, 3.8) is 0 Å². The molecule has 0 radical (unpaired) electrons. The minimum atomic E-state index is -2.86. The number of methoxy groups -OCH3 is 1. The lowest BCUT2D eigenvalue weighted by atomic mass is 10.0. The fraction of sp³-hybridized carbons (Fsp3) is 0.375. The van der Waals surface area contributed by atoms with Crippen LogP contribution < -0.4 is 10.1 Å².